The molecule has 2 amide bonds. The van der Waals surface area contributed by atoms with Crippen LogP contribution in [-0.4, -0.2) is 29.1 Å². The molecule has 1 fully saturated rings. The number of aliphatic hydroxyl groups is 1. The van der Waals surface area contributed by atoms with Gasteiger partial charge < -0.3 is 15.7 Å². The third-order valence-electron chi connectivity index (χ3n) is 3.84. The number of anilines is 1. The summed E-state index contributed by atoms with van der Waals surface area (Å²) in [4.78, 5) is 23.6. The summed E-state index contributed by atoms with van der Waals surface area (Å²) in [5, 5.41) is 14.5. The third-order valence-corrected chi connectivity index (χ3v) is 3.84. The van der Waals surface area contributed by atoms with E-state index in [1.807, 2.05) is 0 Å². The molecule has 8 heteroatoms. The highest BCUT2D eigenvalue weighted by molar-refractivity contribution is 5.92. The van der Waals surface area contributed by atoms with Gasteiger partial charge in [0.15, 0.2) is 6.10 Å². The number of alkyl halides is 3. The molecule has 1 heterocycles. The zero-order valence-electron chi connectivity index (χ0n) is 12.9. The summed E-state index contributed by atoms with van der Waals surface area (Å²) in [7, 11) is 0. The molecule has 1 aliphatic rings. The number of hydrogen-bond acceptors (Lipinski definition) is 3. The quantitative estimate of drug-likeness (QED) is 0.786. The Morgan fingerprint density at radius 2 is 2.04 bits per heavy atom. The Bertz CT molecular complexity index is 604. The Morgan fingerprint density at radius 1 is 1.33 bits per heavy atom. The maximum atomic E-state index is 12.7. The van der Waals surface area contributed by atoms with Gasteiger partial charge in [-0.25, -0.2) is 0 Å². The highest BCUT2D eigenvalue weighted by Crippen LogP contribution is 2.36. The van der Waals surface area contributed by atoms with Crippen molar-refractivity contribution in [1.29, 1.82) is 0 Å². The molecule has 24 heavy (non-hydrogen) atoms. The highest BCUT2D eigenvalue weighted by Gasteiger charge is 2.40. The van der Waals surface area contributed by atoms with Crippen molar-refractivity contribution >= 4 is 17.5 Å². The van der Waals surface area contributed by atoms with Crippen LogP contribution >= 0.6 is 0 Å². The molecular formula is C16H19F3N2O3. The van der Waals surface area contributed by atoms with Crippen molar-refractivity contribution in [1.82, 2.24) is 5.32 Å². The summed E-state index contributed by atoms with van der Waals surface area (Å²) in [6, 6.07) is 4.90. The molecule has 0 spiro atoms. The molecule has 1 aliphatic heterocycles. The molecule has 3 N–H and O–H groups in total. The van der Waals surface area contributed by atoms with E-state index in [9.17, 15) is 27.9 Å². The molecule has 2 atom stereocenters. The van der Waals surface area contributed by atoms with Gasteiger partial charge in [0.2, 0.25) is 11.8 Å². The minimum absolute atomic E-state index is 0.0256. The molecule has 5 nitrogen and oxygen atoms in total. The number of amides is 2. The van der Waals surface area contributed by atoms with Crippen LogP contribution < -0.4 is 10.6 Å². The second-order valence-electron chi connectivity index (χ2n) is 5.79. The van der Waals surface area contributed by atoms with Gasteiger partial charge in [0.25, 0.3) is 0 Å². The van der Waals surface area contributed by atoms with Gasteiger partial charge in [0, 0.05) is 30.1 Å². The standard InChI is InChI=1S/C16H19F3N2O3/c17-16(18,19)15(24)11-6-2-3-7-12(11)21-14(23)9-10-5-1-4-8-13(22)20-10/h2-3,6-7,10,15,24H,1,4-5,8-9H2,(H,20,22)(H,21,23)/t10-,15+/m1/s1. The zero-order chi connectivity index (χ0) is 17.7. The van der Waals surface area contributed by atoms with Crippen LogP contribution in [0, 0.1) is 0 Å². The summed E-state index contributed by atoms with van der Waals surface area (Å²) >= 11 is 0. The minimum atomic E-state index is -4.82. The van der Waals surface area contributed by atoms with E-state index in [1.165, 1.54) is 18.2 Å². The second-order valence-corrected chi connectivity index (χ2v) is 5.79. The number of benzene rings is 1. The Morgan fingerprint density at radius 3 is 2.75 bits per heavy atom. The summed E-state index contributed by atoms with van der Waals surface area (Å²) in [5.41, 5.74) is -0.504. The Labute approximate surface area is 137 Å². The van der Waals surface area contributed by atoms with Gasteiger partial charge in [-0.1, -0.05) is 24.6 Å². The van der Waals surface area contributed by atoms with E-state index in [2.05, 4.69) is 10.6 Å². The molecule has 1 aromatic rings. The first-order valence-electron chi connectivity index (χ1n) is 7.70. The molecular weight excluding hydrogens is 325 g/mol. The number of nitrogens with one attached hydrogen (secondary N) is 2. The molecule has 0 radical (unpaired) electrons. The number of para-hydroxylation sites is 1. The SMILES string of the molecule is O=C(C[C@H]1CCCCC(=O)N1)Nc1ccccc1[C@H](O)C(F)(F)F. The molecule has 1 saturated heterocycles. The van der Waals surface area contributed by atoms with Gasteiger partial charge in [-0.3, -0.25) is 9.59 Å². The van der Waals surface area contributed by atoms with Crippen LogP contribution in [0.5, 0.6) is 0 Å². The Hall–Kier alpha value is -2.09. The van der Waals surface area contributed by atoms with E-state index < -0.39 is 23.8 Å². The van der Waals surface area contributed by atoms with Crippen LogP contribution in [-0.2, 0) is 9.59 Å². The van der Waals surface area contributed by atoms with E-state index in [-0.39, 0.29) is 24.1 Å². The van der Waals surface area contributed by atoms with Crippen molar-refractivity contribution in [2.24, 2.45) is 0 Å². The second kappa shape index (κ2) is 7.65. The number of rotatable bonds is 4. The largest absolute Gasteiger partial charge is 0.418 e. The first kappa shape index (κ1) is 18.3. The van der Waals surface area contributed by atoms with Crippen LogP contribution in [0.3, 0.4) is 0 Å². The predicted octanol–water partition coefficient (Wildman–Crippen LogP) is 2.67. The van der Waals surface area contributed by atoms with Gasteiger partial charge in [-0.15, -0.1) is 0 Å². The zero-order valence-corrected chi connectivity index (χ0v) is 12.9. The average molecular weight is 344 g/mol. The lowest BCUT2D eigenvalue weighted by Gasteiger charge is -2.20. The third kappa shape index (κ3) is 4.95. The van der Waals surface area contributed by atoms with Crippen LogP contribution in [0.2, 0.25) is 0 Å². The number of carbonyl (C=O) groups excluding carboxylic acids is 2. The predicted molar refractivity (Wildman–Crippen MR) is 81.1 cm³/mol. The summed E-state index contributed by atoms with van der Waals surface area (Å²) in [6.45, 7) is 0. The highest BCUT2D eigenvalue weighted by atomic mass is 19.4. The van der Waals surface area contributed by atoms with Crippen LogP contribution in [0.15, 0.2) is 24.3 Å². The van der Waals surface area contributed by atoms with Gasteiger partial charge in [-0.05, 0) is 18.9 Å². The fourth-order valence-electron chi connectivity index (χ4n) is 2.65. The number of halogens is 3. The van der Waals surface area contributed by atoms with Gasteiger partial charge >= 0.3 is 6.18 Å². The maximum Gasteiger partial charge on any atom is 0.418 e. The first-order valence-corrected chi connectivity index (χ1v) is 7.70. The van der Waals surface area contributed by atoms with E-state index >= 15 is 0 Å². The van der Waals surface area contributed by atoms with Crippen LogP contribution in [0.4, 0.5) is 18.9 Å². The summed E-state index contributed by atoms with van der Waals surface area (Å²) in [5.74, 6) is -0.637. The van der Waals surface area contributed by atoms with E-state index in [0.29, 0.717) is 12.8 Å². The topological polar surface area (TPSA) is 78.4 Å². The Balaban J connectivity index is 2.05. The smallest absolute Gasteiger partial charge is 0.379 e. The number of carbonyl (C=O) groups is 2. The van der Waals surface area contributed by atoms with E-state index in [1.54, 1.807) is 0 Å². The molecule has 2 rings (SSSR count). The van der Waals surface area contributed by atoms with Crippen molar-refractivity contribution in [3.63, 3.8) is 0 Å². The molecule has 0 aliphatic carbocycles. The van der Waals surface area contributed by atoms with Gasteiger partial charge in [0.05, 0.1) is 0 Å². The summed E-state index contributed by atoms with van der Waals surface area (Å²) < 4.78 is 38.1. The lowest BCUT2D eigenvalue weighted by atomic mass is 10.1. The number of hydrogen-bond donors (Lipinski definition) is 3. The van der Waals surface area contributed by atoms with Crippen LogP contribution in [0.1, 0.15) is 43.8 Å². The molecule has 1 aromatic carbocycles. The average Bonchev–Trinajstić information content (AvgIpc) is 2.70. The molecule has 0 bridgehead atoms. The fraction of sp³-hybridized carbons (Fsp3) is 0.500. The molecule has 0 saturated carbocycles. The van der Waals surface area contributed by atoms with Gasteiger partial charge in [0.1, 0.15) is 0 Å². The Kier molecular flexibility index (Phi) is 5.82. The van der Waals surface area contributed by atoms with E-state index in [4.69, 9.17) is 0 Å². The first-order chi connectivity index (χ1) is 11.3. The van der Waals surface area contributed by atoms with Crippen molar-refractivity contribution < 1.29 is 27.9 Å². The molecule has 0 aromatic heterocycles. The van der Waals surface area contributed by atoms with E-state index in [0.717, 1.165) is 18.9 Å². The normalized spacial score (nSPS) is 20.0. The van der Waals surface area contributed by atoms with Crippen LogP contribution in [0.25, 0.3) is 0 Å². The lowest BCUT2D eigenvalue weighted by Crippen LogP contribution is -2.36. The van der Waals surface area contributed by atoms with Crippen molar-refractivity contribution in [3.8, 4) is 0 Å². The van der Waals surface area contributed by atoms with Gasteiger partial charge in [-0.2, -0.15) is 13.2 Å². The monoisotopic (exact) mass is 344 g/mol. The fourth-order valence-corrected chi connectivity index (χ4v) is 2.65. The molecule has 0 unspecified atom stereocenters. The van der Waals surface area contributed by atoms with Crippen molar-refractivity contribution in [2.45, 2.75) is 50.4 Å². The minimum Gasteiger partial charge on any atom is -0.379 e. The lowest BCUT2D eigenvalue weighted by molar-refractivity contribution is -0.206. The van der Waals surface area contributed by atoms with Crippen molar-refractivity contribution in [2.75, 3.05) is 5.32 Å². The van der Waals surface area contributed by atoms with Crippen molar-refractivity contribution in [3.05, 3.63) is 29.8 Å². The maximum absolute atomic E-state index is 12.7. The molecule has 132 valence electrons. The number of aliphatic hydroxyl groups excluding tert-OH is 1. The summed E-state index contributed by atoms with van der Waals surface area (Å²) in [6.07, 6.45) is -4.90.